The van der Waals surface area contributed by atoms with E-state index in [2.05, 4.69) is 16.3 Å². The molecule has 0 radical (unpaired) electrons. The van der Waals surface area contributed by atoms with Gasteiger partial charge in [-0.1, -0.05) is 0 Å². The number of piperazine rings is 1. The minimum absolute atomic E-state index is 0.540. The van der Waals surface area contributed by atoms with Gasteiger partial charge in [-0.15, -0.1) is 0 Å². The molecule has 1 aromatic rings. The van der Waals surface area contributed by atoms with E-state index < -0.39 is 5.54 Å². The minimum atomic E-state index is -0.540. The van der Waals surface area contributed by atoms with Gasteiger partial charge in [0.2, 0.25) is 0 Å². The van der Waals surface area contributed by atoms with E-state index in [0.29, 0.717) is 6.42 Å². The summed E-state index contributed by atoms with van der Waals surface area (Å²) in [6.45, 7) is 5.61. The van der Waals surface area contributed by atoms with Gasteiger partial charge in [-0.05, 0) is 25.1 Å². The van der Waals surface area contributed by atoms with Crippen LogP contribution in [-0.2, 0) is 6.42 Å². The topological polar surface area (TPSA) is 57.5 Å². The fourth-order valence-electron chi connectivity index (χ4n) is 2.77. The molecule has 5 nitrogen and oxygen atoms in total. The Balaban J connectivity index is 2.26. The van der Waals surface area contributed by atoms with E-state index in [1.807, 2.05) is 25.1 Å². The van der Waals surface area contributed by atoms with Crippen LogP contribution in [0, 0.1) is 11.3 Å². The van der Waals surface area contributed by atoms with Crippen molar-refractivity contribution in [3.05, 3.63) is 23.8 Å². The molecule has 1 fully saturated rings. The SMILES string of the molecule is COc1ccc(OC)c(CC(C)(C#N)N2CCNCC2)c1. The average Bonchev–Trinajstić information content (AvgIpc) is 2.55. The number of nitrogens with one attached hydrogen (secondary N) is 1. The molecule has 0 amide bonds. The van der Waals surface area contributed by atoms with E-state index in [4.69, 9.17) is 9.47 Å². The molecule has 5 heteroatoms. The van der Waals surface area contributed by atoms with Crippen LogP contribution in [0.25, 0.3) is 0 Å². The molecule has 1 N–H and O–H groups in total. The third-order valence-corrected chi connectivity index (χ3v) is 4.08. The van der Waals surface area contributed by atoms with E-state index in [0.717, 1.165) is 43.2 Å². The lowest BCUT2D eigenvalue weighted by atomic mass is 9.91. The van der Waals surface area contributed by atoms with Gasteiger partial charge in [0.1, 0.15) is 17.0 Å². The van der Waals surface area contributed by atoms with Crippen molar-refractivity contribution >= 4 is 0 Å². The predicted octanol–water partition coefficient (Wildman–Crippen LogP) is 1.43. The molecular weight excluding hydrogens is 266 g/mol. The summed E-state index contributed by atoms with van der Waals surface area (Å²) in [5.41, 5.74) is 0.460. The number of hydrogen-bond acceptors (Lipinski definition) is 5. The van der Waals surface area contributed by atoms with Crippen LogP contribution in [0.3, 0.4) is 0 Å². The minimum Gasteiger partial charge on any atom is -0.497 e. The van der Waals surface area contributed by atoms with Gasteiger partial charge in [0.05, 0.1) is 20.3 Å². The molecule has 1 aliphatic rings. The van der Waals surface area contributed by atoms with Crippen LogP contribution in [0.2, 0.25) is 0 Å². The summed E-state index contributed by atoms with van der Waals surface area (Å²) in [6, 6.07) is 8.21. The van der Waals surface area contributed by atoms with Crippen molar-refractivity contribution in [3.63, 3.8) is 0 Å². The van der Waals surface area contributed by atoms with Crippen LogP contribution < -0.4 is 14.8 Å². The Morgan fingerprint density at radius 3 is 2.57 bits per heavy atom. The molecule has 21 heavy (non-hydrogen) atoms. The first-order chi connectivity index (χ1) is 10.1. The lowest BCUT2D eigenvalue weighted by molar-refractivity contribution is 0.132. The zero-order chi connectivity index (χ0) is 15.3. The number of methoxy groups -OCH3 is 2. The van der Waals surface area contributed by atoms with Gasteiger partial charge in [-0.25, -0.2) is 0 Å². The summed E-state index contributed by atoms with van der Waals surface area (Å²) in [5, 5.41) is 13.0. The molecular formula is C16H23N3O2. The second kappa shape index (κ2) is 6.79. The first kappa shape index (κ1) is 15.6. The Morgan fingerprint density at radius 1 is 1.29 bits per heavy atom. The maximum Gasteiger partial charge on any atom is 0.122 e. The molecule has 1 unspecified atom stereocenters. The Labute approximate surface area is 126 Å². The Bertz CT molecular complexity index is 521. The standard InChI is InChI=1S/C16H23N3O2/c1-16(12-17,19-8-6-18-7-9-19)11-13-10-14(20-2)4-5-15(13)21-3/h4-5,10,18H,6-9,11H2,1-3H3. The highest BCUT2D eigenvalue weighted by Gasteiger charge is 2.33. The summed E-state index contributed by atoms with van der Waals surface area (Å²) >= 11 is 0. The molecule has 0 aromatic heterocycles. The van der Waals surface area contributed by atoms with Crippen molar-refractivity contribution in [1.29, 1.82) is 5.26 Å². The van der Waals surface area contributed by atoms with Crippen LogP contribution in [0.5, 0.6) is 11.5 Å². The Kier molecular flexibility index (Phi) is 5.05. The van der Waals surface area contributed by atoms with Crippen molar-refractivity contribution in [2.45, 2.75) is 18.9 Å². The third kappa shape index (κ3) is 3.46. The summed E-state index contributed by atoms with van der Waals surface area (Å²) < 4.78 is 10.7. The Morgan fingerprint density at radius 2 is 2.00 bits per heavy atom. The summed E-state index contributed by atoms with van der Waals surface area (Å²) in [5.74, 6) is 1.58. The van der Waals surface area contributed by atoms with E-state index in [1.54, 1.807) is 14.2 Å². The first-order valence-corrected chi connectivity index (χ1v) is 7.21. The second-order valence-corrected chi connectivity index (χ2v) is 5.48. The first-order valence-electron chi connectivity index (χ1n) is 7.21. The maximum absolute atomic E-state index is 9.70. The largest absolute Gasteiger partial charge is 0.497 e. The van der Waals surface area contributed by atoms with Crippen LogP contribution in [0.15, 0.2) is 18.2 Å². The zero-order valence-corrected chi connectivity index (χ0v) is 13.0. The smallest absolute Gasteiger partial charge is 0.122 e. The molecule has 1 atom stereocenters. The number of ether oxygens (including phenoxy) is 2. The third-order valence-electron chi connectivity index (χ3n) is 4.08. The van der Waals surface area contributed by atoms with Crippen molar-refractivity contribution in [3.8, 4) is 17.6 Å². The van der Waals surface area contributed by atoms with Crippen LogP contribution in [-0.4, -0.2) is 50.8 Å². The number of benzene rings is 1. The van der Waals surface area contributed by atoms with Crippen molar-refractivity contribution in [2.75, 3.05) is 40.4 Å². The summed E-state index contributed by atoms with van der Waals surface area (Å²) in [4.78, 5) is 2.24. The predicted molar refractivity (Wildman–Crippen MR) is 81.7 cm³/mol. The average molecular weight is 289 g/mol. The van der Waals surface area contributed by atoms with Gasteiger partial charge in [0.25, 0.3) is 0 Å². The van der Waals surface area contributed by atoms with Gasteiger partial charge < -0.3 is 14.8 Å². The van der Waals surface area contributed by atoms with Crippen LogP contribution in [0.4, 0.5) is 0 Å². The molecule has 114 valence electrons. The second-order valence-electron chi connectivity index (χ2n) is 5.48. The molecule has 1 aromatic carbocycles. The van der Waals surface area contributed by atoms with Gasteiger partial charge in [-0.2, -0.15) is 5.26 Å². The fraction of sp³-hybridized carbons (Fsp3) is 0.562. The van der Waals surface area contributed by atoms with Crippen molar-refractivity contribution < 1.29 is 9.47 Å². The van der Waals surface area contributed by atoms with Crippen molar-refractivity contribution in [2.24, 2.45) is 0 Å². The van der Waals surface area contributed by atoms with E-state index in [9.17, 15) is 5.26 Å². The van der Waals surface area contributed by atoms with Crippen molar-refractivity contribution in [1.82, 2.24) is 10.2 Å². The fourth-order valence-corrected chi connectivity index (χ4v) is 2.77. The van der Waals surface area contributed by atoms with Gasteiger partial charge in [-0.3, -0.25) is 4.90 Å². The molecule has 0 aliphatic carbocycles. The highest BCUT2D eigenvalue weighted by Crippen LogP contribution is 2.30. The number of nitriles is 1. The molecule has 2 rings (SSSR count). The monoisotopic (exact) mass is 289 g/mol. The molecule has 0 saturated carbocycles. The van der Waals surface area contributed by atoms with Crippen LogP contribution >= 0.6 is 0 Å². The highest BCUT2D eigenvalue weighted by atomic mass is 16.5. The van der Waals surface area contributed by atoms with Crippen LogP contribution in [0.1, 0.15) is 12.5 Å². The summed E-state index contributed by atoms with van der Waals surface area (Å²) in [7, 11) is 3.30. The van der Waals surface area contributed by atoms with E-state index >= 15 is 0 Å². The van der Waals surface area contributed by atoms with Gasteiger partial charge in [0.15, 0.2) is 0 Å². The molecule has 1 aliphatic heterocycles. The zero-order valence-electron chi connectivity index (χ0n) is 13.0. The maximum atomic E-state index is 9.70. The molecule has 1 saturated heterocycles. The molecule has 0 spiro atoms. The number of nitrogens with zero attached hydrogens (tertiary/aromatic N) is 2. The van der Waals surface area contributed by atoms with E-state index in [1.165, 1.54) is 0 Å². The summed E-state index contributed by atoms with van der Waals surface area (Å²) in [6.07, 6.45) is 0.615. The quantitative estimate of drug-likeness (QED) is 0.889. The lowest BCUT2D eigenvalue weighted by Gasteiger charge is -2.39. The van der Waals surface area contributed by atoms with E-state index in [-0.39, 0.29) is 0 Å². The normalized spacial score (nSPS) is 18.6. The number of hydrogen-bond donors (Lipinski definition) is 1. The Hall–Kier alpha value is -1.77. The number of rotatable bonds is 5. The van der Waals surface area contributed by atoms with Gasteiger partial charge >= 0.3 is 0 Å². The highest BCUT2D eigenvalue weighted by molar-refractivity contribution is 5.42. The molecule has 0 bridgehead atoms. The lowest BCUT2D eigenvalue weighted by Crippen LogP contribution is -2.55. The molecule has 1 heterocycles. The van der Waals surface area contributed by atoms with Gasteiger partial charge in [0, 0.05) is 38.2 Å².